The molecule has 1 N–H and O–H groups in total. The largest absolute Gasteiger partial charge is 0.343 e. The normalized spacial score (nSPS) is 13.7. The molecule has 0 saturated carbocycles. The van der Waals surface area contributed by atoms with Gasteiger partial charge in [0.2, 0.25) is 0 Å². The van der Waals surface area contributed by atoms with Crippen LogP contribution in [0.25, 0.3) is 11.0 Å². The molecule has 1 fully saturated rings. The van der Waals surface area contributed by atoms with Crippen LogP contribution >= 0.6 is 0 Å². The predicted molar refractivity (Wildman–Crippen MR) is 103 cm³/mol. The molecule has 2 heterocycles. The highest BCUT2D eigenvalue weighted by Crippen LogP contribution is 2.18. The zero-order valence-corrected chi connectivity index (χ0v) is 15.8. The fraction of sp³-hybridized carbons (Fsp3) is 0.250. The Hall–Kier alpha value is -3.75. The van der Waals surface area contributed by atoms with E-state index < -0.39 is 0 Å². The van der Waals surface area contributed by atoms with E-state index in [2.05, 4.69) is 20.3 Å². The topological polar surface area (TPSA) is 109 Å². The van der Waals surface area contributed by atoms with Gasteiger partial charge in [-0.1, -0.05) is 18.2 Å². The number of fused-ring (bicyclic) bond motifs is 1. The first-order chi connectivity index (χ1) is 14.0. The third-order valence-corrected chi connectivity index (χ3v) is 4.84. The number of carbonyl (C=O) groups is 3. The molecule has 1 aliphatic rings. The molecule has 2 aromatic carbocycles. The molecule has 4 rings (SSSR count). The zero-order valence-electron chi connectivity index (χ0n) is 15.8. The van der Waals surface area contributed by atoms with Gasteiger partial charge in [-0.2, -0.15) is 0 Å². The molecular weight excluding hydrogens is 374 g/mol. The summed E-state index contributed by atoms with van der Waals surface area (Å²) in [6, 6.07) is 12.0. The molecule has 0 radical (unpaired) electrons. The number of nitrogens with zero attached hydrogens (tertiary/aromatic N) is 4. The van der Waals surface area contributed by atoms with Crippen LogP contribution in [0, 0.1) is 6.92 Å². The Morgan fingerprint density at radius 2 is 1.79 bits per heavy atom. The van der Waals surface area contributed by atoms with Gasteiger partial charge in [0.15, 0.2) is 0 Å². The van der Waals surface area contributed by atoms with E-state index in [4.69, 9.17) is 0 Å². The third kappa shape index (κ3) is 3.66. The Bertz CT molecular complexity index is 1090. The van der Waals surface area contributed by atoms with E-state index in [1.54, 1.807) is 30.3 Å². The number of aryl methyl sites for hydroxylation is 1. The van der Waals surface area contributed by atoms with Crippen molar-refractivity contribution in [3.63, 3.8) is 0 Å². The summed E-state index contributed by atoms with van der Waals surface area (Å²) in [7, 11) is 0. The second-order valence-corrected chi connectivity index (χ2v) is 6.76. The molecule has 0 atom stereocenters. The number of carbonyl (C=O) groups excluding carboxylic acids is 3. The first-order valence-corrected chi connectivity index (χ1v) is 9.23. The van der Waals surface area contributed by atoms with Crippen molar-refractivity contribution in [2.24, 2.45) is 0 Å². The Balaban J connectivity index is 1.43. The van der Waals surface area contributed by atoms with Gasteiger partial charge < -0.3 is 5.32 Å². The SMILES string of the molecule is Cc1ccccc1C(=O)NCC(=O)N1CCCN1C(=O)c1ccc2nonc2c1. The maximum absolute atomic E-state index is 12.9. The minimum absolute atomic E-state index is 0.191. The van der Waals surface area contributed by atoms with Gasteiger partial charge in [0, 0.05) is 24.2 Å². The van der Waals surface area contributed by atoms with Crippen LogP contribution in [0.4, 0.5) is 0 Å². The Morgan fingerprint density at radius 3 is 2.62 bits per heavy atom. The number of hydrazine groups is 1. The van der Waals surface area contributed by atoms with Gasteiger partial charge in [0.1, 0.15) is 11.0 Å². The maximum atomic E-state index is 12.9. The van der Waals surface area contributed by atoms with Gasteiger partial charge in [0.25, 0.3) is 17.7 Å². The van der Waals surface area contributed by atoms with Crippen LogP contribution < -0.4 is 5.32 Å². The Kier molecular flexibility index (Phi) is 4.94. The van der Waals surface area contributed by atoms with Gasteiger partial charge in [-0.3, -0.25) is 14.4 Å². The van der Waals surface area contributed by atoms with Crippen molar-refractivity contribution in [3.05, 3.63) is 59.2 Å². The van der Waals surface area contributed by atoms with Crippen LogP contribution in [0.3, 0.4) is 0 Å². The fourth-order valence-electron chi connectivity index (χ4n) is 3.32. The Morgan fingerprint density at radius 1 is 1.03 bits per heavy atom. The van der Waals surface area contributed by atoms with Crippen LogP contribution in [0.15, 0.2) is 47.1 Å². The molecule has 0 unspecified atom stereocenters. The summed E-state index contributed by atoms with van der Waals surface area (Å²) in [5, 5.41) is 12.9. The molecule has 9 heteroatoms. The number of rotatable bonds is 4. The van der Waals surface area contributed by atoms with Gasteiger partial charge >= 0.3 is 0 Å². The predicted octanol–water partition coefficient (Wildman–Crippen LogP) is 1.55. The highest BCUT2D eigenvalue weighted by atomic mass is 16.6. The van der Waals surface area contributed by atoms with Gasteiger partial charge in [-0.05, 0) is 53.5 Å². The lowest BCUT2D eigenvalue weighted by Crippen LogP contribution is -2.48. The molecular formula is C20H19N5O4. The Labute approximate surface area is 166 Å². The second kappa shape index (κ2) is 7.70. The van der Waals surface area contributed by atoms with E-state index in [-0.39, 0.29) is 24.3 Å². The number of amides is 3. The summed E-state index contributed by atoms with van der Waals surface area (Å²) in [5.41, 5.74) is 2.75. The van der Waals surface area contributed by atoms with Crippen molar-refractivity contribution in [2.75, 3.05) is 19.6 Å². The fourth-order valence-corrected chi connectivity index (χ4v) is 3.32. The minimum atomic E-state index is -0.345. The van der Waals surface area contributed by atoms with Crippen LogP contribution in [0.5, 0.6) is 0 Å². The van der Waals surface area contributed by atoms with E-state index in [0.717, 1.165) is 5.56 Å². The standard InChI is InChI=1S/C20H19N5O4/c1-13-5-2-3-6-15(13)19(27)21-12-18(26)24-9-4-10-25(24)20(28)14-7-8-16-17(11-14)23-29-22-16/h2-3,5-8,11H,4,9-10,12H2,1H3,(H,21,27). The molecule has 0 bridgehead atoms. The third-order valence-electron chi connectivity index (χ3n) is 4.84. The lowest BCUT2D eigenvalue weighted by atomic mass is 10.1. The number of hydrogen-bond acceptors (Lipinski definition) is 6. The highest BCUT2D eigenvalue weighted by molar-refractivity contribution is 6.00. The summed E-state index contributed by atoms with van der Waals surface area (Å²) < 4.78 is 4.65. The van der Waals surface area contributed by atoms with Crippen molar-refractivity contribution >= 4 is 28.8 Å². The van der Waals surface area contributed by atoms with Crippen LogP contribution in [-0.4, -0.2) is 57.7 Å². The van der Waals surface area contributed by atoms with E-state index in [1.807, 2.05) is 19.1 Å². The lowest BCUT2D eigenvalue weighted by Gasteiger charge is -2.28. The lowest BCUT2D eigenvalue weighted by molar-refractivity contribution is -0.139. The van der Waals surface area contributed by atoms with E-state index >= 15 is 0 Å². The van der Waals surface area contributed by atoms with Crippen molar-refractivity contribution in [2.45, 2.75) is 13.3 Å². The average molecular weight is 393 g/mol. The smallest absolute Gasteiger partial charge is 0.272 e. The van der Waals surface area contributed by atoms with Gasteiger partial charge in [-0.25, -0.2) is 14.6 Å². The van der Waals surface area contributed by atoms with E-state index in [1.165, 1.54) is 10.0 Å². The molecule has 9 nitrogen and oxygen atoms in total. The van der Waals surface area contributed by atoms with Crippen molar-refractivity contribution in [3.8, 4) is 0 Å². The van der Waals surface area contributed by atoms with Crippen LogP contribution in [0.1, 0.15) is 32.7 Å². The minimum Gasteiger partial charge on any atom is -0.343 e. The van der Waals surface area contributed by atoms with Crippen molar-refractivity contribution in [1.29, 1.82) is 0 Å². The maximum Gasteiger partial charge on any atom is 0.272 e. The second-order valence-electron chi connectivity index (χ2n) is 6.76. The van der Waals surface area contributed by atoms with Gasteiger partial charge in [0.05, 0.1) is 6.54 Å². The van der Waals surface area contributed by atoms with Crippen molar-refractivity contribution in [1.82, 2.24) is 25.6 Å². The van der Waals surface area contributed by atoms with Crippen LogP contribution in [0.2, 0.25) is 0 Å². The summed E-state index contributed by atoms with van der Waals surface area (Å²) in [5.74, 6) is -0.981. The first-order valence-electron chi connectivity index (χ1n) is 9.23. The molecule has 29 heavy (non-hydrogen) atoms. The summed E-state index contributed by atoms with van der Waals surface area (Å²) in [4.78, 5) is 37.9. The van der Waals surface area contributed by atoms with Crippen LogP contribution in [-0.2, 0) is 4.79 Å². The molecule has 0 aliphatic carbocycles. The first kappa shape index (κ1) is 18.6. The molecule has 0 spiro atoms. The summed E-state index contributed by atoms with van der Waals surface area (Å²) >= 11 is 0. The summed E-state index contributed by atoms with van der Waals surface area (Å²) in [6.45, 7) is 2.48. The molecule has 1 aliphatic heterocycles. The highest BCUT2D eigenvalue weighted by Gasteiger charge is 2.31. The van der Waals surface area contributed by atoms with E-state index in [9.17, 15) is 14.4 Å². The number of aromatic nitrogens is 2. The number of hydrogen-bond donors (Lipinski definition) is 1. The molecule has 1 aromatic heterocycles. The number of benzene rings is 2. The molecule has 3 amide bonds. The average Bonchev–Trinajstić information content (AvgIpc) is 3.40. The molecule has 148 valence electrons. The van der Waals surface area contributed by atoms with E-state index in [0.29, 0.717) is 41.7 Å². The quantitative estimate of drug-likeness (QED) is 0.720. The number of nitrogens with one attached hydrogen (secondary N) is 1. The molecule has 3 aromatic rings. The summed E-state index contributed by atoms with van der Waals surface area (Å²) in [6.07, 6.45) is 0.664. The zero-order chi connectivity index (χ0) is 20.4. The van der Waals surface area contributed by atoms with Gasteiger partial charge in [-0.15, -0.1) is 0 Å². The van der Waals surface area contributed by atoms with Crippen molar-refractivity contribution < 1.29 is 19.0 Å². The molecule has 1 saturated heterocycles. The monoisotopic (exact) mass is 393 g/mol.